The van der Waals surface area contributed by atoms with Gasteiger partial charge in [-0.3, -0.25) is 10.2 Å². The summed E-state index contributed by atoms with van der Waals surface area (Å²) in [6, 6.07) is 0. The second-order valence-corrected chi connectivity index (χ2v) is 3.43. The second-order valence-electron chi connectivity index (χ2n) is 3.43. The van der Waals surface area contributed by atoms with Crippen molar-refractivity contribution in [2.45, 2.75) is 12.5 Å². The summed E-state index contributed by atoms with van der Waals surface area (Å²) >= 11 is 0. The highest BCUT2D eigenvalue weighted by Gasteiger charge is 2.16. The Hall–Kier alpha value is -0.690. The first-order valence-corrected chi connectivity index (χ1v) is 5.11. The standard InChI is InChI=1S/C9H19N3O3/c1-14-8(7-10)6-9(13)11-12-2-4-15-5-3-12/h8H,2-7,10H2,1H3,(H,11,13). The molecule has 0 aromatic rings. The van der Waals surface area contributed by atoms with Crippen molar-refractivity contribution in [2.24, 2.45) is 5.73 Å². The van der Waals surface area contributed by atoms with Crippen LogP contribution in [0.4, 0.5) is 0 Å². The Labute approximate surface area is 89.7 Å². The lowest BCUT2D eigenvalue weighted by molar-refractivity contribution is -0.130. The molecule has 0 aromatic heterocycles. The zero-order valence-electron chi connectivity index (χ0n) is 9.07. The first kappa shape index (κ1) is 12.4. The Morgan fingerprint density at radius 3 is 2.80 bits per heavy atom. The molecule has 0 aliphatic carbocycles. The summed E-state index contributed by atoms with van der Waals surface area (Å²) in [7, 11) is 1.56. The summed E-state index contributed by atoms with van der Waals surface area (Å²) in [5.41, 5.74) is 8.22. The first-order chi connectivity index (χ1) is 7.26. The van der Waals surface area contributed by atoms with E-state index in [2.05, 4.69) is 5.43 Å². The van der Waals surface area contributed by atoms with Crippen LogP contribution in [0.1, 0.15) is 6.42 Å². The normalized spacial score (nSPS) is 19.9. The van der Waals surface area contributed by atoms with Gasteiger partial charge >= 0.3 is 0 Å². The molecule has 0 radical (unpaired) electrons. The number of hydrazine groups is 1. The summed E-state index contributed by atoms with van der Waals surface area (Å²) in [6.07, 6.45) is 0.0932. The highest BCUT2D eigenvalue weighted by atomic mass is 16.5. The third-order valence-electron chi connectivity index (χ3n) is 2.30. The topological polar surface area (TPSA) is 76.8 Å². The van der Waals surface area contributed by atoms with E-state index in [-0.39, 0.29) is 12.0 Å². The van der Waals surface area contributed by atoms with E-state index in [1.807, 2.05) is 5.01 Å². The molecule has 1 heterocycles. The van der Waals surface area contributed by atoms with E-state index < -0.39 is 0 Å². The number of hydrogen-bond acceptors (Lipinski definition) is 5. The molecule has 0 bridgehead atoms. The molecule has 1 saturated heterocycles. The van der Waals surface area contributed by atoms with Gasteiger partial charge in [-0.25, -0.2) is 5.01 Å². The highest BCUT2D eigenvalue weighted by molar-refractivity contribution is 5.75. The van der Waals surface area contributed by atoms with Crippen LogP contribution in [0.3, 0.4) is 0 Å². The number of nitrogens with one attached hydrogen (secondary N) is 1. The van der Waals surface area contributed by atoms with E-state index >= 15 is 0 Å². The maximum absolute atomic E-state index is 11.5. The number of carbonyl (C=O) groups is 1. The minimum absolute atomic E-state index is 0.0609. The van der Waals surface area contributed by atoms with Gasteiger partial charge in [0.25, 0.3) is 0 Å². The van der Waals surface area contributed by atoms with E-state index in [1.54, 1.807) is 7.11 Å². The van der Waals surface area contributed by atoms with Crippen LogP contribution in [0.25, 0.3) is 0 Å². The van der Waals surface area contributed by atoms with Gasteiger partial charge in [-0.05, 0) is 0 Å². The average Bonchev–Trinajstić information content (AvgIpc) is 2.27. The maximum atomic E-state index is 11.5. The third-order valence-corrected chi connectivity index (χ3v) is 2.30. The van der Waals surface area contributed by atoms with Crippen LogP contribution in [0.15, 0.2) is 0 Å². The van der Waals surface area contributed by atoms with E-state index in [4.69, 9.17) is 15.2 Å². The van der Waals surface area contributed by atoms with Crippen LogP contribution in [0.2, 0.25) is 0 Å². The van der Waals surface area contributed by atoms with Gasteiger partial charge in [0, 0.05) is 26.7 Å². The van der Waals surface area contributed by atoms with E-state index in [0.717, 1.165) is 13.1 Å². The monoisotopic (exact) mass is 217 g/mol. The fourth-order valence-corrected chi connectivity index (χ4v) is 1.37. The molecule has 1 aliphatic heterocycles. The molecule has 1 atom stereocenters. The summed E-state index contributed by atoms with van der Waals surface area (Å²) in [4.78, 5) is 11.5. The molecular weight excluding hydrogens is 198 g/mol. The van der Waals surface area contributed by atoms with Crippen molar-refractivity contribution in [2.75, 3.05) is 40.0 Å². The van der Waals surface area contributed by atoms with Crippen LogP contribution in [0.5, 0.6) is 0 Å². The number of methoxy groups -OCH3 is 1. The van der Waals surface area contributed by atoms with E-state index in [1.165, 1.54) is 0 Å². The third kappa shape index (κ3) is 4.57. The van der Waals surface area contributed by atoms with Crippen molar-refractivity contribution in [3.63, 3.8) is 0 Å². The van der Waals surface area contributed by atoms with Crippen molar-refractivity contribution < 1.29 is 14.3 Å². The molecule has 1 amide bonds. The Bertz CT molecular complexity index is 191. The average molecular weight is 217 g/mol. The Morgan fingerprint density at radius 2 is 2.27 bits per heavy atom. The largest absolute Gasteiger partial charge is 0.380 e. The van der Waals surface area contributed by atoms with E-state index in [0.29, 0.717) is 26.2 Å². The molecule has 0 spiro atoms. The van der Waals surface area contributed by atoms with Crippen molar-refractivity contribution >= 4 is 5.91 Å². The molecule has 1 unspecified atom stereocenters. The molecule has 88 valence electrons. The summed E-state index contributed by atoms with van der Waals surface area (Å²) in [6.45, 7) is 3.13. The molecule has 3 N–H and O–H groups in total. The number of rotatable bonds is 5. The quantitative estimate of drug-likeness (QED) is 0.599. The summed E-state index contributed by atoms with van der Waals surface area (Å²) < 4.78 is 10.2. The fourth-order valence-electron chi connectivity index (χ4n) is 1.37. The summed E-state index contributed by atoms with van der Waals surface area (Å²) in [5.74, 6) is -0.0609. The minimum atomic E-state index is -0.203. The SMILES string of the molecule is COC(CN)CC(=O)NN1CCOCC1. The molecule has 0 aromatic carbocycles. The smallest absolute Gasteiger partial charge is 0.236 e. The van der Waals surface area contributed by atoms with Gasteiger partial charge in [0.05, 0.1) is 25.7 Å². The molecule has 1 aliphatic rings. The first-order valence-electron chi connectivity index (χ1n) is 5.11. The number of carbonyl (C=O) groups excluding carboxylic acids is 1. The van der Waals surface area contributed by atoms with Gasteiger partial charge in [-0.1, -0.05) is 0 Å². The summed E-state index contributed by atoms with van der Waals surface area (Å²) in [5, 5.41) is 1.86. The number of ether oxygens (including phenoxy) is 2. The molecule has 15 heavy (non-hydrogen) atoms. The number of nitrogens with two attached hydrogens (primary N) is 1. The van der Waals surface area contributed by atoms with Gasteiger partial charge in [-0.2, -0.15) is 0 Å². The Kier molecular flexibility index (Phi) is 5.56. The van der Waals surface area contributed by atoms with Crippen molar-refractivity contribution in [1.82, 2.24) is 10.4 Å². The molecule has 0 saturated carbocycles. The maximum Gasteiger partial charge on any atom is 0.236 e. The Balaban J connectivity index is 2.21. The molecule has 6 heteroatoms. The zero-order chi connectivity index (χ0) is 11.1. The van der Waals surface area contributed by atoms with Gasteiger partial charge in [0.2, 0.25) is 5.91 Å². The fraction of sp³-hybridized carbons (Fsp3) is 0.889. The van der Waals surface area contributed by atoms with E-state index in [9.17, 15) is 4.79 Å². The second kappa shape index (κ2) is 6.73. The lowest BCUT2D eigenvalue weighted by Gasteiger charge is -2.27. The van der Waals surface area contributed by atoms with Crippen LogP contribution in [-0.2, 0) is 14.3 Å². The van der Waals surface area contributed by atoms with Crippen LogP contribution in [-0.4, -0.2) is 57.0 Å². The van der Waals surface area contributed by atoms with Crippen molar-refractivity contribution in [3.8, 4) is 0 Å². The van der Waals surface area contributed by atoms with Crippen molar-refractivity contribution in [3.05, 3.63) is 0 Å². The van der Waals surface area contributed by atoms with Gasteiger partial charge in [0.15, 0.2) is 0 Å². The molecular formula is C9H19N3O3. The Morgan fingerprint density at radius 1 is 1.60 bits per heavy atom. The zero-order valence-corrected chi connectivity index (χ0v) is 9.07. The lowest BCUT2D eigenvalue weighted by Crippen LogP contribution is -2.49. The van der Waals surface area contributed by atoms with Crippen LogP contribution < -0.4 is 11.2 Å². The predicted molar refractivity (Wildman–Crippen MR) is 55.0 cm³/mol. The highest BCUT2D eigenvalue weighted by Crippen LogP contribution is 1.97. The van der Waals surface area contributed by atoms with Gasteiger partial charge < -0.3 is 15.2 Å². The minimum Gasteiger partial charge on any atom is -0.380 e. The molecule has 1 rings (SSSR count). The van der Waals surface area contributed by atoms with Crippen LogP contribution in [0, 0.1) is 0 Å². The predicted octanol–water partition coefficient (Wildman–Crippen LogP) is -1.29. The molecule has 1 fully saturated rings. The van der Waals surface area contributed by atoms with Gasteiger partial charge in [-0.15, -0.1) is 0 Å². The van der Waals surface area contributed by atoms with Crippen LogP contribution >= 0.6 is 0 Å². The number of hydrogen-bond donors (Lipinski definition) is 2. The van der Waals surface area contributed by atoms with Gasteiger partial charge in [0.1, 0.15) is 0 Å². The number of morpholine rings is 1. The lowest BCUT2D eigenvalue weighted by atomic mass is 10.2. The van der Waals surface area contributed by atoms with Crippen molar-refractivity contribution in [1.29, 1.82) is 0 Å². The molecule has 6 nitrogen and oxygen atoms in total. The number of nitrogens with zero attached hydrogens (tertiary/aromatic N) is 1. The number of amides is 1.